The first kappa shape index (κ1) is 9.52. The van der Waals surface area contributed by atoms with E-state index in [4.69, 9.17) is 5.11 Å². The van der Waals surface area contributed by atoms with Gasteiger partial charge in [0.05, 0.1) is 23.6 Å². The van der Waals surface area contributed by atoms with Crippen LogP contribution in [0.4, 0.5) is 0 Å². The van der Waals surface area contributed by atoms with Crippen molar-refractivity contribution in [3.63, 3.8) is 0 Å². The first-order valence-corrected chi connectivity index (χ1v) is 4.83. The van der Waals surface area contributed by atoms with E-state index in [2.05, 4.69) is 20.4 Å². The number of carbonyl (C=O) groups is 1. The molecule has 84 valence electrons. The number of carboxylic acids is 1. The van der Waals surface area contributed by atoms with E-state index in [1.807, 2.05) is 12.1 Å². The third-order valence-corrected chi connectivity index (χ3v) is 2.37. The summed E-state index contributed by atoms with van der Waals surface area (Å²) in [5, 5.41) is 24.1. The summed E-state index contributed by atoms with van der Waals surface area (Å²) in [6.07, 6.45) is 2.89. The summed E-state index contributed by atoms with van der Waals surface area (Å²) in [5.41, 5.74) is 1.50. The molecule has 2 heterocycles. The normalized spacial score (nSPS) is 10.8. The number of aromatic carboxylic acids is 1. The molecule has 7 nitrogen and oxygen atoms in total. The fraction of sp³-hybridized carbons (Fsp3) is 0. The number of rotatable bonds is 2. The number of H-pyrrole nitrogens is 1. The Bertz CT molecular complexity index is 699. The lowest BCUT2D eigenvalue weighted by Gasteiger charge is -1.98. The van der Waals surface area contributed by atoms with Crippen LogP contribution in [0, 0.1) is 0 Å². The maximum Gasteiger partial charge on any atom is 0.358 e. The maximum absolute atomic E-state index is 10.7. The highest BCUT2D eigenvalue weighted by Crippen LogP contribution is 2.15. The highest BCUT2D eigenvalue weighted by atomic mass is 16.4. The van der Waals surface area contributed by atoms with Crippen LogP contribution in [-0.2, 0) is 0 Å². The molecule has 1 aromatic carbocycles. The summed E-state index contributed by atoms with van der Waals surface area (Å²) < 4.78 is 0. The minimum absolute atomic E-state index is 0.0858. The molecular formula is C10H7N5O2. The molecule has 3 rings (SSSR count). The Labute approximate surface area is 94.7 Å². The Kier molecular flexibility index (Phi) is 1.91. The number of nitrogens with one attached hydrogen (secondary N) is 1. The highest BCUT2D eigenvalue weighted by Gasteiger charge is 2.09. The molecule has 0 bridgehead atoms. The van der Waals surface area contributed by atoms with E-state index in [1.165, 1.54) is 11.0 Å². The number of benzene rings is 1. The maximum atomic E-state index is 10.7. The van der Waals surface area contributed by atoms with Crippen LogP contribution in [0.1, 0.15) is 10.5 Å². The molecule has 0 aliphatic carbocycles. The van der Waals surface area contributed by atoms with Crippen LogP contribution in [0.5, 0.6) is 0 Å². The summed E-state index contributed by atoms with van der Waals surface area (Å²) in [6, 6.07) is 5.44. The van der Waals surface area contributed by atoms with Crippen LogP contribution >= 0.6 is 0 Å². The van der Waals surface area contributed by atoms with Crippen LogP contribution < -0.4 is 0 Å². The Hall–Kier alpha value is -2.70. The van der Waals surface area contributed by atoms with Gasteiger partial charge in [0, 0.05) is 5.39 Å². The fourth-order valence-electron chi connectivity index (χ4n) is 1.54. The molecule has 0 atom stereocenters. The van der Waals surface area contributed by atoms with Gasteiger partial charge in [0.2, 0.25) is 0 Å². The number of hydrogen-bond acceptors (Lipinski definition) is 4. The van der Waals surface area contributed by atoms with Crippen molar-refractivity contribution in [1.82, 2.24) is 25.2 Å². The Morgan fingerprint density at radius 2 is 2.24 bits per heavy atom. The number of nitrogens with zero attached hydrogens (tertiary/aromatic N) is 4. The molecule has 17 heavy (non-hydrogen) atoms. The van der Waals surface area contributed by atoms with Gasteiger partial charge in [0.25, 0.3) is 0 Å². The molecule has 0 aliphatic heterocycles. The molecule has 0 unspecified atom stereocenters. The van der Waals surface area contributed by atoms with Crippen molar-refractivity contribution in [1.29, 1.82) is 0 Å². The summed E-state index contributed by atoms with van der Waals surface area (Å²) >= 11 is 0. The Balaban J connectivity index is 2.09. The van der Waals surface area contributed by atoms with Gasteiger partial charge in [-0.3, -0.25) is 5.10 Å². The molecule has 0 radical (unpaired) electrons. The predicted octanol–water partition coefficient (Wildman–Crippen LogP) is 0.842. The van der Waals surface area contributed by atoms with Gasteiger partial charge < -0.3 is 5.11 Å². The van der Waals surface area contributed by atoms with E-state index in [-0.39, 0.29) is 5.69 Å². The van der Waals surface area contributed by atoms with E-state index in [9.17, 15) is 4.79 Å². The molecule has 0 spiro atoms. The van der Waals surface area contributed by atoms with E-state index in [0.29, 0.717) is 5.69 Å². The largest absolute Gasteiger partial charge is 0.476 e. The SMILES string of the molecule is O=C(O)c1cnn(-c2ccc3[nH]ncc3c2)n1. The van der Waals surface area contributed by atoms with Crippen molar-refractivity contribution < 1.29 is 9.90 Å². The molecular weight excluding hydrogens is 222 g/mol. The van der Waals surface area contributed by atoms with Crippen LogP contribution in [0.3, 0.4) is 0 Å². The number of aromatic nitrogens is 5. The first-order valence-electron chi connectivity index (χ1n) is 4.83. The van der Waals surface area contributed by atoms with Gasteiger partial charge in [0.1, 0.15) is 0 Å². The Morgan fingerprint density at radius 1 is 1.35 bits per heavy atom. The van der Waals surface area contributed by atoms with Gasteiger partial charge in [-0.25, -0.2) is 4.79 Å². The summed E-state index contributed by atoms with van der Waals surface area (Å²) in [6.45, 7) is 0. The van der Waals surface area contributed by atoms with Crippen LogP contribution in [0.2, 0.25) is 0 Å². The van der Waals surface area contributed by atoms with Crippen molar-refractivity contribution in [3.05, 3.63) is 36.3 Å². The van der Waals surface area contributed by atoms with Gasteiger partial charge >= 0.3 is 5.97 Å². The predicted molar refractivity (Wildman–Crippen MR) is 58.0 cm³/mol. The van der Waals surface area contributed by atoms with Gasteiger partial charge in [-0.2, -0.15) is 15.0 Å². The molecule has 3 aromatic rings. The molecule has 0 amide bonds. The standard InChI is InChI=1S/C10H7N5O2/c16-10(17)9-5-12-15(14-9)7-1-2-8-6(3-7)4-11-13-8/h1-5H,(H,11,13)(H,16,17). The topological polar surface area (TPSA) is 96.7 Å². The average molecular weight is 229 g/mol. The van der Waals surface area contributed by atoms with E-state index in [1.54, 1.807) is 12.3 Å². The van der Waals surface area contributed by atoms with Crippen molar-refractivity contribution in [2.75, 3.05) is 0 Å². The lowest BCUT2D eigenvalue weighted by atomic mass is 10.2. The summed E-state index contributed by atoms with van der Waals surface area (Å²) in [4.78, 5) is 12.0. The van der Waals surface area contributed by atoms with E-state index < -0.39 is 5.97 Å². The number of aromatic amines is 1. The molecule has 0 aliphatic rings. The van der Waals surface area contributed by atoms with Crippen LogP contribution in [-0.4, -0.2) is 36.3 Å². The zero-order chi connectivity index (χ0) is 11.8. The number of fused-ring (bicyclic) bond motifs is 1. The summed E-state index contributed by atoms with van der Waals surface area (Å²) in [7, 11) is 0. The second-order valence-corrected chi connectivity index (χ2v) is 3.47. The van der Waals surface area contributed by atoms with Crippen LogP contribution in [0.25, 0.3) is 16.6 Å². The molecule has 7 heteroatoms. The fourth-order valence-corrected chi connectivity index (χ4v) is 1.54. The van der Waals surface area contributed by atoms with Crippen molar-refractivity contribution >= 4 is 16.9 Å². The van der Waals surface area contributed by atoms with Crippen molar-refractivity contribution in [2.45, 2.75) is 0 Å². The van der Waals surface area contributed by atoms with Gasteiger partial charge in [-0.15, -0.1) is 5.10 Å². The minimum atomic E-state index is -1.10. The van der Waals surface area contributed by atoms with E-state index in [0.717, 1.165) is 10.9 Å². The first-order chi connectivity index (χ1) is 8.24. The van der Waals surface area contributed by atoms with Gasteiger partial charge in [0.15, 0.2) is 5.69 Å². The lowest BCUT2D eigenvalue weighted by Crippen LogP contribution is -2.02. The molecule has 0 saturated carbocycles. The smallest absolute Gasteiger partial charge is 0.358 e. The van der Waals surface area contributed by atoms with Gasteiger partial charge in [-0.1, -0.05) is 0 Å². The third kappa shape index (κ3) is 1.53. The average Bonchev–Trinajstić information content (AvgIpc) is 2.97. The molecule has 0 fully saturated rings. The number of carboxylic acid groups (broad SMARTS) is 1. The number of hydrogen-bond donors (Lipinski definition) is 2. The highest BCUT2D eigenvalue weighted by molar-refractivity contribution is 5.84. The lowest BCUT2D eigenvalue weighted by molar-refractivity contribution is 0.0690. The van der Waals surface area contributed by atoms with Crippen molar-refractivity contribution in [2.24, 2.45) is 0 Å². The zero-order valence-corrected chi connectivity index (χ0v) is 8.53. The summed E-state index contributed by atoms with van der Waals surface area (Å²) in [5.74, 6) is -1.10. The van der Waals surface area contributed by atoms with Crippen LogP contribution in [0.15, 0.2) is 30.6 Å². The van der Waals surface area contributed by atoms with Crippen molar-refractivity contribution in [3.8, 4) is 5.69 Å². The molecule has 0 saturated heterocycles. The van der Waals surface area contributed by atoms with Gasteiger partial charge in [-0.05, 0) is 18.2 Å². The van der Waals surface area contributed by atoms with E-state index >= 15 is 0 Å². The monoisotopic (exact) mass is 229 g/mol. The minimum Gasteiger partial charge on any atom is -0.476 e. The third-order valence-electron chi connectivity index (χ3n) is 2.37. The molecule has 2 N–H and O–H groups in total. The second kappa shape index (κ2) is 3.41. The molecule has 2 aromatic heterocycles. The second-order valence-electron chi connectivity index (χ2n) is 3.47. The Morgan fingerprint density at radius 3 is 3.00 bits per heavy atom. The quantitative estimate of drug-likeness (QED) is 0.678. The zero-order valence-electron chi connectivity index (χ0n) is 8.53.